The summed E-state index contributed by atoms with van der Waals surface area (Å²) in [6.07, 6.45) is 3.74. The summed E-state index contributed by atoms with van der Waals surface area (Å²) in [5.41, 5.74) is 2.71. The van der Waals surface area contributed by atoms with E-state index in [1.54, 1.807) is 11.5 Å². The molecule has 1 aliphatic heterocycles. The van der Waals surface area contributed by atoms with Gasteiger partial charge in [-0.1, -0.05) is 53.5 Å². The summed E-state index contributed by atoms with van der Waals surface area (Å²) in [6.45, 7) is 8.05. The van der Waals surface area contributed by atoms with Gasteiger partial charge in [0.05, 0.1) is 22.3 Å². The highest BCUT2D eigenvalue weighted by atomic mass is 35.5. The van der Waals surface area contributed by atoms with Crippen LogP contribution in [0.25, 0.3) is 10.4 Å². The van der Waals surface area contributed by atoms with E-state index in [4.69, 9.17) is 11.6 Å². The summed E-state index contributed by atoms with van der Waals surface area (Å²) in [7, 11) is 0. The van der Waals surface area contributed by atoms with Crippen molar-refractivity contribution in [1.82, 2.24) is 8.94 Å². The molecule has 0 unspecified atom stereocenters. The number of nitrogens with one attached hydrogen (secondary N) is 1. The quantitative estimate of drug-likeness (QED) is 0.545. The van der Waals surface area contributed by atoms with Crippen LogP contribution in [0.4, 0.5) is 11.4 Å². The van der Waals surface area contributed by atoms with E-state index in [0.717, 1.165) is 47.7 Å². The minimum atomic E-state index is -0.254. The van der Waals surface area contributed by atoms with Crippen molar-refractivity contribution >= 4 is 34.5 Å². The summed E-state index contributed by atoms with van der Waals surface area (Å²) < 4.78 is 1.88. The molecule has 7 heteroatoms. The molecule has 0 aliphatic carbocycles. The van der Waals surface area contributed by atoms with Gasteiger partial charge in [0.15, 0.2) is 0 Å². The fraction of sp³-hybridized carbons (Fsp3) is 0.391. The normalized spacial score (nSPS) is 15.4. The standard InChI is InChI=1S/C23H27ClN4OS/c1-23(2,3)28-22(29)20(21(30-28)16-7-5-4-6-8-16)26-17-11-13-27(14-12-17)18-9-10-19(24)25-15-18/h4-10,15,17,26H,11-14H2,1-3H3. The predicted molar refractivity (Wildman–Crippen MR) is 127 cm³/mol. The lowest BCUT2D eigenvalue weighted by molar-refractivity contribution is 0.419. The summed E-state index contributed by atoms with van der Waals surface area (Å²) in [4.78, 5) is 20.8. The molecular weight excluding hydrogens is 416 g/mol. The Balaban J connectivity index is 1.55. The maximum Gasteiger partial charge on any atom is 0.285 e. The van der Waals surface area contributed by atoms with Crippen molar-refractivity contribution in [3.8, 4) is 10.4 Å². The van der Waals surface area contributed by atoms with Gasteiger partial charge in [-0.25, -0.2) is 4.98 Å². The van der Waals surface area contributed by atoms with Crippen LogP contribution in [-0.4, -0.2) is 28.1 Å². The van der Waals surface area contributed by atoms with Gasteiger partial charge in [-0.2, -0.15) is 0 Å². The van der Waals surface area contributed by atoms with Crippen LogP contribution in [0.2, 0.25) is 5.15 Å². The van der Waals surface area contributed by atoms with Crippen LogP contribution in [0.5, 0.6) is 0 Å². The monoisotopic (exact) mass is 442 g/mol. The number of aromatic nitrogens is 2. The van der Waals surface area contributed by atoms with Crippen LogP contribution < -0.4 is 15.8 Å². The summed E-state index contributed by atoms with van der Waals surface area (Å²) in [5.74, 6) is 0. The fourth-order valence-electron chi connectivity index (χ4n) is 3.77. The van der Waals surface area contributed by atoms with Crippen molar-refractivity contribution in [1.29, 1.82) is 0 Å². The van der Waals surface area contributed by atoms with Gasteiger partial charge in [0, 0.05) is 19.1 Å². The number of nitrogens with zero attached hydrogens (tertiary/aromatic N) is 3. The molecule has 1 N–H and O–H groups in total. The Kier molecular flexibility index (Phi) is 5.89. The van der Waals surface area contributed by atoms with E-state index >= 15 is 0 Å². The highest BCUT2D eigenvalue weighted by Crippen LogP contribution is 2.34. The second-order valence-electron chi connectivity index (χ2n) is 8.68. The minimum absolute atomic E-state index is 0.0654. The maximum absolute atomic E-state index is 13.3. The Morgan fingerprint density at radius 1 is 1.10 bits per heavy atom. The molecule has 3 aromatic rings. The zero-order valence-electron chi connectivity index (χ0n) is 17.6. The van der Waals surface area contributed by atoms with Crippen molar-refractivity contribution in [3.63, 3.8) is 0 Å². The molecule has 1 aromatic carbocycles. The molecule has 5 nitrogen and oxygen atoms in total. The first-order chi connectivity index (χ1) is 14.3. The van der Waals surface area contributed by atoms with Gasteiger partial charge in [-0.05, 0) is 51.3 Å². The largest absolute Gasteiger partial charge is 0.376 e. The molecule has 1 aliphatic rings. The van der Waals surface area contributed by atoms with Crippen LogP contribution in [0.15, 0.2) is 53.5 Å². The number of benzene rings is 1. The Bertz CT molecular complexity index is 1050. The fourth-order valence-corrected chi connectivity index (χ4v) is 5.00. The molecule has 3 heterocycles. The zero-order chi connectivity index (χ0) is 21.3. The van der Waals surface area contributed by atoms with E-state index in [9.17, 15) is 4.79 Å². The summed E-state index contributed by atoms with van der Waals surface area (Å²) in [5, 5.41) is 4.11. The topological polar surface area (TPSA) is 50.2 Å². The average molecular weight is 443 g/mol. The van der Waals surface area contributed by atoms with Gasteiger partial charge in [-0.3, -0.25) is 8.75 Å². The molecule has 0 radical (unpaired) electrons. The van der Waals surface area contributed by atoms with Crippen LogP contribution in [0.1, 0.15) is 33.6 Å². The minimum Gasteiger partial charge on any atom is -0.376 e. The molecule has 0 saturated carbocycles. The molecule has 30 heavy (non-hydrogen) atoms. The van der Waals surface area contributed by atoms with Crippen molar-refractivity contribution in [2.24, 2.45) is 0 Å². The molecular formula is C23H27ClN4OS. The number of hydrogen-bond donors (Lipinski definition) is 1. The molecule has 1 fully saturated rings. The van der Waals surface area contributed by atoms with Gasteiger partial charge in [0.1, 0.15) is 10.8 Å². The molecule has 0 amide bonds. The van der Waals surface area contributed by atoms with Crippen molar-refractivity contribution < 1.29 is 0 Å². The number of hydrogen-bond acceptors (Lipinski definition) is 5. The van der Waals surface area contributed by atoms with E-state index < -0.39 is 0 Å². The second kappa shape index (κ2) is 8.44. The molecule has 4 rings (SSSR count). The molecule has 0 spiro atoms. The highest BCUT2D eigenvalue weighted by molar-refractivity contribution is 7.11. The van der Waals surface area contributed by atoms with E-state index in [-0.39, 0.29) is 17.1 Å². The number of rotatable bonds is 4. The number of piperidine rings is 1. The first kappa shape index (κ1) is 20.9. The van der Waals surface area contributed by atoms with E-state index in [2.05, 4.69) is 48.1 Å². The van der Waals surface area contributed by atoms with Crippen molar-refractivity contribution in [3.05, 3.63) is 64.2 Å². The number of pyridine rings is 1. The molecule has 0 bridgehead atoms. The Morgan fingerprint density at radius 3 is 2.40 bits per heavy atom. The van der Waals surface area contributed by atoms with Gasteiger partial charge < -0.3 is 10.2 Å². The molecule has 1 saturated heterocycles. The van der Waals surface area contributed by atoms with Crippen LogP contribution >= 0.6 is 23.1 Å². The van der Waals surface area contributed by atoms with Crippen molar-refractivity contribution in [2.75, 3.05) is 23.3 Å². The van der Waals surface area contributed by atoms with E-state index in [1.165, 1.54) is 0 Å². The lowest BCUT2D eigenvalue weighted by atomic mass is 10.0. The third-order valence-corrected chi connectivity index (χ3v) is 7.12. The third-order valence-electron chi connectivity index (χ3n) is 5.37. The maximum atomic E-state index is 13.3. The molecule has 0 atom stereocenters. The van der Waals surface area contributed by atoms with Gasteiger partial charge in [0.25, 0.3) is 5.56 Å². The zero-order valence-corrected chi connectivity index (χ0v) is 19.1. The SMILES string of the molecule is CC(C)(C)n1sc(-c2ccccc2)c(NC2CCN(c3ccc(Cl)nc3)CC2)c1=O. The van der Waals surface area contributed by atoms with Gasteiger partial charge >= 0.3 is 0 Å². The molecule has 2 aromatic heterocycles. The van der Waals surface area contributed by atoms with Crippen LogP contribution in [0.3, 0.4) is 0 Å². The lowest BCUT2D eigenvalue weighted by Crippen LogP contribution is -2.40. The smallest absolute Gasteiger partial charge is 0.285 e. The number of anilines is 2. The van der Waals surface area contributed by atoms with Gasteiger partial charge in [0.2, 0.25) is 0 Å². The second-order valence-corrected chi connectivity index (χ2v) is 10.0. The Morgan fingerprint density at radius 2 is 1.80 bits per heavy atom. The average Bonchev–Trinajstić information content (AvgIpc) is 3.06. The number of halogens is 1. The van der Waals surface area contributed by atoms with Crippen LogP contribution in [-0.2, 0) is 5.54 Å². The van der Waals surface area contributed by atoms with Gasteiger partial charge in [-0.15, -0.1) is 0 Å². The Hall–Kier alpha value is -2.31. The van der Waals surface area contributed by atoms with Crippen LogP contribution in [0, 0.1) is 0 Å². The third kappa shape index (κ3) is 4.40. The highest BCUT2D eigenvalue weighted by Gasteiger charge is 2.27. The first-order valence-corrected chi connectivity index (χ1v) is 11.4. The first-order valence-electron chi connectivity index (χ1n) is 10.3. The summed E-state index contributed by atoms with van der Waals surface area (Å²) in [6, 6.07) is 14.3. The predicted octanol–water partition coefficient (Wildman–Crippen LogP) is 5.46. The van der Waals surface area contributed by atoms with Crippen molar-refractivity contribution in [2.45, 2.75) is 45.2 Å². The van der Waals surface area contributed by atoms with E-state index in [0.29, 0.717) is 5.15 Å². The lowest BCUT2D eigenvalue weighted by Gasteiger charge is -2.34. The summed E-state index contributed by atoms with van der Waals surface area (Å²) >= 11 is 7.45. The molecule has 158 valence electrons. The Labute approximate surface area is 186 Å². The van der Waals surface area contributed by atoms with E-state index in [1.807, 2.05) is 40.5 Å².